The Kier molecular flexibility index (Phi) is 3.25. The number of carbonyl (C=O) groups is 1. The largest absolute Gasteiger partial charge is 0.478 e. The maximum absolute atomic E-state index is 13.2. The Bertz CT molecular complexity index is 379. The number of rotatable bonds is 2. The van der Waals surface area contributed by atoms with Crippen LogP contribution >= 0.6 is 11.6 Å². The van der Waals surface area contributed by atoms with Crippen LogP contribution in [-0.2, 0) is 4.79 Å². The predicted octanol–water partition coefficient (Wildman–Crippen LogP) is 2.97. The molecule has 1 aromatic carbocycles. The van der Waals surface area contributed by atoms with Gasteiger partial charge >= 0.3 is 5.97 Å². The van der Waals surface area contributed by atoms with E-state index in [1.165, 1.54) is 31.2 Å². The lowest BCUT2D eigenvalue weighted by Crippen LogP contribution is -1.96. The smallest absolute Gasteiger partial charge is 0.331 e. The fourth-order valence-electron chi connectivity index (χ4n) is 0.927. The van der Waals surface area contributed by atoms with Gasteiger partial charge in [0.1, 0.15) is 5.82 Å². The first-order valence-corrected chi connectivity index (χ1v) is 4.26. The van der Waals surface area contributed by atoms with Crippen LogP contribution < -0.4 is 0 Å². The lowest BCUT2D eigenvalue weighted by atomic mass is 10.1. The number of carboxylic acid groups (broad SMARTS) is 1. The zero-order chi connectivity index (χ0) is 10.7. The zero-order valence-electron chi connectivity index (χ0n) is 7.42. The Hall–Kier alpha value is -1.35. The van der Waals surface area contributed by atoms with E-state index < -0.39 is 11.8 Å². The third-order valence-corrected chi connectivity index (χ3v) is 2.03. The maximum atomic E-state index is 13.2. The van der Waals surface area contributed by atoms with E-state index in [1.807, 2.05) is 0 Å². The molecular formula is C10H8ClFO2. The van der Waals surface area contributed by atoms with Crippen LogP contribution in [0.5, 0.6) is 0 Å². The monoisotopic (exact) mass is 214 g/mol. The average molecular weight is 215 g/mol. The molecule has 0 fully saturated rings. The van der Waals surface area contributed by atoms with E-state index in [1.54, 1.807) is 0 Å². The highest BCUT2D eigenvalue weighted by Gasteiger charge is 2.06. The van der Waals surface area contributed by atoms with Crippen molar-refractivity contribution >= 4 is 23.6 Å². The van der Waals surface area contributed by atoms with E-state index in [0.717, 1.165) is 0 Å². The quantitative estimate of drug-likeness (QED) is 0.769. The minimum atomic E-state index is -1.09. The van der Waals surface area contributed by atoms with Gasteiger partial charge in [0.2, 0.25) is 0 Å². The summed E-state index contributed by atoms with van der Waals surface area (Å²) in [5.74, 6) is -1.62. The van der Waals surface area contributed by atoms with E-state index in [-0.39, 0.29) is 16.2 Å². The van der Waals surface area contributed by atoms with Crippen molar-refractivity contribution in [3.8, 4) is 0 Å². The Balaban J connectivity index is 3.20. The summed E-state index contributed by atoms with van der Waals surface area (Å²) in [7, 11) is 0. The number of carboxylic acids is 1. The third-order valence-electron chi connectivity index (χ3n) is 1.70. The fraction of sp³-hybridized carbons (Fsp3) is 0.100. The molecule has 1 aromatic rings. The topological polar surface area (TPSA) is 37.3 Å². The maximum Gasteiger partial charge on any atom is 0.331 e. The van der Waals surface area contributed by atoms with Crippen molar-refractivity contribution in [1.29, 1.82) is 0 Å². The number of hydrogen-bond donors (Lipinski definition) is 1. The van der Waals surface area contributed by atoms with Gasteiger partial charge in [0.15, 0.2) is 0 Å². The molecule has 0 atom stereocenters. The molecular weight excluding hydrogens is 207 g/mol. The van der Waals surface area contributed by atoms with Crippen molar-refractivity contribution in [1.82, 2.24) is 0 Å². The highest BCUT2D eigenvalue weighted by molar-refractivity contribution is 6.32. The summed E-state index contributed by atoms with van der Waals surface area (Å²) in [4.78, 5) is 10.5. The molecule has 0 heterocycles. The molecule has 0 saturated carbocycles. The summed E-state index contributed by atoms with van der Waals surface area (Å²) < 4.78 is 13.2. The summed E-state index contributed by atoms with van der Waals surface area (Å²) in [5, 5.41) is 8.79. The fourth-order valence-corrected chi connectivity index (χ4v) is 1.14. The summed E-state index contributed by atoms with van der Waals surface area (Å²) in [6.45, 7) is 1.38. The van der Waals surface area contributed by atoms with Gasteiger partial charge in [-0.3, -0.25) is 0 Å². The Morgan fingerprint density at radius 1 is 1.57 bits per heavy atom. The van der Waals surface area contributed by atoms with Gasteiger partial charge in [-0.2, -0.15) is 0 Å². The number of hydrogen-bond acceptors (Lipinski definition) is 1. The molecule has 2 nitrogen and oxygen atoms in total. The molecule has 74 valence electrons. The standard InChI is InChI=1S/C10H8ClFO2/c1-6(10(13)14)5-7-8(11)3-2-4-9(7)12/h2-5H,1H3,(H,13,14). The molecule has 4 heteroatoms. The Labute approximate surface area is 85.6 Å². The van der Waals surface area contributed by atoms with Gasteiger partial charge in [-0.1, -0.05) is 17.7 Å². The highest BCUT2D eigenvalue weighted by Crippen LogP contribution is 2.21. The van der Waals surface area contributed by atoms with Crippen molar-refractivity contribution in [3.63, 3.8) is 0 Å². The van der Waals surface area contributed by atoms with Crippen molar-refractivity contribution in [2.24, 2.45) is 0 Å². The van der Waals surface area contributed by atoms with Crippen LogP contribution in [0, 0.1) is 5.82 Å². The van der Waals surface area contributed by atoms with Crippen molar-refractivity contribution in [2.45, 2.75) is 6.92 Å². The van der Waals surface area contributed by atoms with Gasteiger partial charge < -0.3 is 5.11 Å². The molecule has 0 aliphatic heterocycles. The lowest BCUT2D eigenvalue weighted by Gasteiger charge is -2.00. The minimum absolute atomic E-state index is 0.0389. The molecule has 0 aliphatic rings. The van der Waals surface area contributed by atoms with Crippen LogP contribution in [0.1, 0.15) is 12.5 Å². The van der Waals surface area contributed by atoms with Gasteiger partial charge in [0, 0.05) is 11.1 Å². The van der Waals surface area contributed by atoms with E-state index in [4.69, 9.17) is 16.7 Å². The highest BCUT2D eigenvalue weighted by atomic mass is 35.5. The van der Waals surface area contributed by atoms with Gasteiger partial charge in [-0.25, -0.2) is 9.18 Å². The molecule has 0 amide bonds. The third kappa shape index (κ3) is 2.33. The molecule has 1 N–H and O–H groups in total. The molecule has 0 radical (unpaired) electrons. The zero-order valence-corrected chi connectivity index (χ0v) is 8.18. The first kappa shape index (κ1) is 10.7. The molecule has 0 unspecified atom stereocenters. The van der Waals surface area contributed by atoms with Gasteiger partial charge in [-0.05, 0) is 25.1 Å². The van der Waals surface area contributed by atoms with Gasteiger partial charge in [-0.15, -0.1) is 0 Å². The molecule has 0 saturated heterocycles. The van der Waals surface area contributed by atoms with Crippen molar-refractivity contribution < 1.29 is 14.3 Å². The summed E-state index contributed by atoms with van der Waals surface area (Å²) in [6, 6.07) is 4.20. The SMILES string of the molecule is CC(=Cc1c(F)cccc1Cl)C(=O)O. The number of benzene rings is 1. The molecule has 0 aromatic heterocycles. The number of halogens is 2. The summed E-state index contributed by atoms with van der Waals surface area (Å²) in [5.41, 5.74) is 0.145. The Morgan fingerprint density at radius 3 is 2.71 bits per heavy atom. The van der Waals surface area contributed by atoms with Gasteiger partial charge in [0.25, 0.3) is 0 Å². The van der Waals surface area contributed by atoms with Crippen LogP contribution in [0.25, 0.3) is 6.08 Å². The van der Waals surface area contributed by atoms with E-state index in [2.05, 4.69) is 0 Å². The molecule has 0 spiro atoms. The van der Waals surface area contributed by atoms with Crippen molar-refractivity contribution in [2.75, 3.05) is 0 Å². The summed E-state index contributed by atoms with van der Waals surface area (Å²) in [6.07, 6.45) is 1.21. The first-order valence-electron chi connectivity index (χ1n) is 3.88. The second-order valence-electron chi connectivity index (χ2n) is 2.77. The van der Waals surface area contributed by atoms with E-state index >= 15 is 0 Å². The average Bonchev–Trinajstić information content (AvgIpc) is 2.11. The van der Waals surface area contributed by atoms with E-state index in [0.29, 0.717) is 0 Å². The predicted molar refractivity (Wildman–Crippen MR) is 52.7 cm³/mol. The second kappa shape index (κ2) is 4.24. The first-order chi connectivity index (χ1) is 6.52. The van der Waals surface area contributed by atoms with Crippen molar-refractivity contribution in [3.05, 3.63) is 40.2 Å². The lowest BCUT2D eigenvalue weighted by molar-refractivity contribution is -0.132. The van der Waals surface area contributed by atoms with Crippen LogP contribution in [0.15, 0.2) is 23.8 Å². The van der Waals surface area contributed by atoms with Crippen LogP contribution in [0.3, 0.4) is 0 Å². The van der Waals surface area contributed by atoms with Crippen LogP contribution in [0.2, 0.25) is 5.02 Å². The normalized spacial score (nSPS) is 11.5. The molecule has 0 aliphatic carbocycles. The van der Waals surface area contributed by atoms with Gasteiger partial charge in [0.05, 0.1) is 5.02 Å². The Morgan fingerprint density at radius 2 is 2.21 bits per heavy atom. The molecule has 14 heavy (non-hydrogen) atoms. The molecule has 0 bridgehead atoms. The van der Waals surface area contributed by atoms with Crippen LogP contribution in [-0.4, -0.2) is 11.1 Å². The second-order valence-corrected chi connectivity index (χ2v) is 3.18. The summed E-state index contributed by atoms with van der Waals surface area (Å²) >= 11 is 5.70. The minimum Gasteiger partial charge on any atom is -0.478 e. The molecule has 1 rings (SSSR count). The number of aliphatic carboxylic acids is 1. The van der Waals surface area contributed by atoms with Crippen LogP contribution in [0.4, 0.5) is 4.39 Å². The van der Waals surface area contributed by atoms with E-state index in [9.17, 15) is 9.18 Å².